The highest BCUT2D eigenvalue weighted by molar-refractivity contribution is 6.31. The summed E-state index contributed by atoms with van der Waals surface area (Å²) in [6, 6.07) is 3.39. The summed E-state index contributed by atoms with van der Waals surface area (Å²) in [5, 5.41) is 0.609. The predicted octanol–water partition coefficient (Wildman–Crippen LogP) is 1.29. The third kappa shape index (κ3) is 1.86. The summed E-state index contributed by atoms with van der Waals surface area (Å²) in [5.74, 6) is 0.0147. The number of aryl methyl sites for hydroxylation is 1. The minimum absolute atomic E-state index is 0.0147. The van der Waals surface area contributed by atoms with Gasteiger partial charge in [0.25, 0.3) is 0 Å². The minimum atomic E-state index is -0.108. The van der Waals surface area contributed by atoms with Crippen LogP contribution in [0.25, 0.3) is 0 Å². The van der Waals surface area contributed by atoms with E-state index < -0.39 is 0 Å². The lowest BCUT2D eigenvalue weighted by Gasteiger charge is -2.19. The van der Waals surface area contributed by atoms with E-state index in [-0.39, 0.29) is 11.9 Å². The van der Waals surface area contributed by atoms with Crippen LogP contribution in [-0.2, 0) is 4.79 Å². The molecule has 4 N–H and O–H groups in total. The first-order valence-electron chi connectivity index (χ1n) is 5.10. The van der Waals surface area contributed by atoms with Crippen molar-refractivity contribution in [2.45, 2.75) is 19.4 Å². The third-order valence-corrected chi connectivity index (χ3v) is 3.16. The van der Waals surface area contributed by atoms with Crippen LogP contribution in [0.1, 0.15) is 12.0 Å². The molecule has 1 fully saturated rings. The van der Waals surface area contributed by atoms with Crippen LogP contribution in [-0.4, -0.2) is 18.5 Å². The molecule has 0 bridgehead atoms. The number of nitrogens with two attached hydrogens (primary N) is 2. The molecule has 2 rings (SSSR count). The fourth-order valence-electron chi connectivity index (χ4n) is 1.88. The maximum atomic E-state index is 11.7. The molecule has 1 atom stereocenters. The largest absolute Gasteiger partial charge is 0.397 e. The van der Waals surface area contributed by atoms with Crippen LogP contribution in [0.3, 0.4) is 0 Å². The molecule has 1 unspecified atom stereocenters. The van der Waals surface area contributed by atoms with Crippen LogP contribution in [0.15, 0.2) is 12.1 Å². The number of hydrogen-bond donors (Lipinski definition) is 2. The van der Waals surface area contributed by atoms with E-state index in [1.807, 2.05) is 13.0 Å². The van der Waals surface area contributed by atoms with Crippen molar-refractivity contribution in [1.82, 2.24) is 0 Å². The van der Waals surface area contributed by atoms with Gasteiger partial charge in [0.15, 0.2) is 0 Å². The molecule has 86 valence electrons. The molecule has 5 heteroatoms. The molecular formula is C11H14ClN3O. The number of hydrogen-bond acceptors (Lipinski definition) is 3. The summed E-state index contributed by atoms with van der Waals surface area (Å²) >= 11 is 5.95. The van der Waals surface area contributed by atoms with Gasteiger partial charge in [-0.3, -0.25) is 4.79 Å². The quantitative estimate of drug-likeness (QED) is 0.726. The van der Waals surface area contributed by atoms with E-state index in [1.165, 1.54) is 0 Å². The van der Waals surface area contributed by atoms with E-state index in [1.54, 1.807) is 11.0 Å². The molecule has 1 aliphatic heterocycles. The first-order chi connectivity index (χ1) is 7.49. The Morgan fingerprint density at radius 1 is 1.50 bits per heavy atom. The zero-order chi connectivity index (χ0) is 11.9. The van der Waals surface area contributed by atoms with Gasteiger partial charge >= 0.3 is 0 Å². The number of benzene rings is 1. The molecule has 1 amide bonds. The first-order valence-corrected chi connectivity index (χ1v) is 5.48. The summed E-state index contributed by atoms with van der Waals surface area (Å²) in [6.45, 7) is 2.40. The predicted molar refractivity (Wildman–Crippen MR) is 65.5 cm³/mol. The highest BCUT2D eigenvalue weighted by Gasteiger charge is 2.29. The molecule has 16 heavy (non-hydrogen) atoms. The lowest BCUT2D eigenvalue weighted by molar-refractivity contribution is -0.117. The summed E-state index contributed by atoms with van der Waals surface area (Å²) < 4.78 is 0. The lowest BCUT2D eigenvalue weighted by Crippen LogP contribution is -2.28. The van der Waals surface area contributed by atoms with Gasteiger partial charge in [-0.1, -0.05) is 11.6 Å². The van der Waals surface area contributed by atoms with Gasteiger partial charge in [-0.25, -0.2) is 0 Å². The summed E-state index contributed by atoms with van der Waals surface area (Å²) in [7, 11) is 0. The van der Waals surface area contributed by atoms with Crippen molar-refractivity contribution in [1.29, 1.82) is 0 Å². The molecule has 0 aromatic heterocycles. The smallest absolute Gasteiger partial charge is 0.228 e. The van der Waals surface area contributed by atoms with Crippen LogP contribution >= 0.6 is 11.6 Å². The third-order valence-electron chi connectivity index (χ3n) is 2.75. The number of carbonyl (C=O) groups is 1. The van der Waals surface area contributed by atoms with Crippen molar-refractivity contribution in [3.63, 3.8) is 0 Å². The van der Waals surface area contributed by atoms with Gasteiger partial charge in [0.2, 0.25) is 5.91 Å². The SMILES string of the molecule is Cc1cc(N2CC(N)CC2=O)c(N)cc1Cl. The average molecular weight is 240 g/mol. The Morgan fingerprint density at radius 3 is 2.75 bits per heavy atom. The molecule has 4 nitrogen and oxygen atoms in total. The number of halogens is 1. The number of nitrogen functional groups attached to an aromatic ring is 1. The van der Waals surface area contributed by atoms with Crippen LogP contribution in [0.5, 0.6) is 0 Å². The molecule has 1 aromatic carbocycles. The highest BCUT2D eigenvalue weighted by Crippen LogP contribution is 2.31. The minimum Gasteiger partial charge on any atom is -0.397 e. The second kappa shape index (κ2) is 3.96. The summed E-state index contributed by atoms with van der Waals surface area (Å²) in [5.41, 5.74) is 13.7. The molecular weight excluding hydrogens is 226 g/mol. The van der Waals surface area contributed by atoms with Crippen LogP contribution in [0.4, 0.5) is 11.4 Å². The standard InChI is InChI=1S/C11H14ClN3O/c1-6-2-10(9(14)4-8(6)12)15-5-7(13)3-11(15)16/h2,4,7H,3,5,13-14H2,1H3. The van der Waals surface area contributed by atoms with Gasteiger partial charge in [-0.15, -0.1) is 0 Å². The molecule has 1 aliphatic rings. The summed E-state index contributed by atoms with van der Waals surface area (Å²) in [4.78, 5) is 13.3. The Morgan fingerprint density at radius 2 is 2.19 bits per heavy atom. The van der Waals surface area contributed by atoms with Gasteiger partial charge in [-0.05, 0) is 24.6 Å². The average Bonchev–Trinajstić information content (AvgIpc) is 2.51. The van der Waals surface area contributed by atoms with Crippen molar-refractivity contribution in [2.75, 3.05) is 17.2 Å². The maximum absolute atomic E-state index is 11.7. The fraction of sp³-hybridized carbons (Fsp3) is 0.364. The van der Waals surface area contributed by atoms with Crippen molar-refractivity contribution in [3.8, 4) is 0 Å². The topological polar surface area (TPSA) is 72.3 Å². The van der Waals surface area contributed by atoms with Gasteiger partial charge < -0.3 is 16.4 Å². The van der Waals surface area contributed by atoms with Crippen LogP contribution in [0.2, 0.25) is 5.02 Å². The van der Waals surface area contributed by atoms with Crippen LogP contribution in [0, 0.1) is 6.92 Å². The highest BCUT2D eigenvalue weighted by atomic mass is 35.5. The number of rotatable bonds is 1. The second-order valence-electron chi connectivity index (χ2n) is 4.13. The number of anilines is 2. The van der Waals surface area contributed by atoms with Crippen molar-refractivity contribution in [3.05, 3.63) is 22.7 Å². The Hall–Kier alpha value is -1.26. The molecule has 1 heterocycles. The van der Waals surface area contributed by atoms with E-state index in [2.05, 4.69) is 0 Å². The van der Waals surface area contributed by atoms with Gasteiger partial charge in [-0.2, -0.15) is 0 Å². The molecule has 0 radical (unpaired) electrons. The Kier molecular flexibility index (Phi) is 2.78. The van der Waals surface area contributed by atoms with Gasteiger partial charge in [0.1, 0.15) is 0 Å². The fourth-order valence-corrected chi connectivity index (χ4v) is 2.06. The monoisotopic (exact) mass is 239 g/mol. The summed E-state index contributed by atoms with van der Waals surface area (Å²) in [6.07, 6.45) is 0.376. The Labute approximate surface area is 99.2 Å². The van der Waals surface area contributed by atoms with Crippen molar-refractivity contribution in [2.24, 2.45) is 5.73 Å². The Balaban J connectivity index is 2.41. The second-order valence-corrected chi connectivity index (χ2v) is 4.54. The van der Waals surface area contributed by atoms with Crippen LogP contribution < -0.4 is 16.4 Å². The lowest BCUT2D eigenvalue weighted by atomic mass is 10.2. The van der Waals surface area contributed by atoms with E-state index in [4.69, 9.17) is 23.1 Å². The number of amides is 1. The molecule has 0 spiro atoms. The van der Waals surface area contributed by atoms with E-state index in [9.17, 15) is 4.79 Å². The number of nitrogens with zero attached hydrogens (tertiary/aromatic N) is 1. The first kappa shape index (κ1) is 11.2. The van der Waals surface area contributed by atoms with E-state index >= 15 is 0 Å². The zero-order valence-electron chi connectivity index (χ0n) is 9.03. The van der Waals surface area contributed by atoms with Crippen molar-refractivity contribution < 1.29 is 4.79 Å². The molecule has 1 aromatic rings. The molecule has 0 saturated carbocycles. The van der Waals surface area contributed by atoms with Crippen molar-refractivity contribution >= 4 is 28.9 Å². The van der Waals surface area contributed by atoms with Gasteiger partial charge in [0, 0.05) is 24.0 Å². The van der Waals surface area contributed by atoms with E-state index in [0.29, 0.717) is 29.4 Å². The molecule has 0 aliphatic carbocycles. The van der Waals surface area contributed by atoms with Gasteiger partial charge in [0.05, 0.1) is 11.4 Å². The Bertz CT molecular complexity index is 447. The van der Waals surface area contributed by atoms with E-state index in [0.717, 1.165) is 5.56 Å². The molecule has 1 saturated heterocycles. The normalized spacial score (nSPS) is 20.6. The maximum Gasteiger partial charge on any atom is 0.228 e. The zero-order valence-corrected chi connectivity index (χ0v) is 9.79. The number of carbonyl (C=O) groups excluding carboxylic acids is 1.